The summed E-state index contributed by atoms with van der Waals surface area (Å²) in [6, 6.07) is 3.80. The SMILES string of the molecule is CN=C(NCCCOCc1ccco1)NCC1(C)CCCS1.I. The van der Waals surface area contributed by atoms with Crippen LogP contribution in [-0.2, 0) is 11.3 Å². The standard InChI is InChI=1S/C16H27N3O2S.HI/c1-16(7-4-11-22-16)13-19-15(17-2)18-8-5-9-20-12-14-6-3-10-21-14;/h3,6,10H,4-5,7-9,11-13H2,1-2H3,(H2,17,18,19);1H. The predicted molar refractivity (Wildman–Crippen MR) is 108 cm³/mol. The van der Waals surface area contributed by atoms with Gasteiger partial charge >= 0.3 is 0 Å². The molecule has 1 aliphatic heterocycles. The van der Waals surface area contributed by atoms with E-state index < -0.39 is 0 Å². The Morgan fingerprint density at radius 3 is 3.00 bits per heavy atom. The lowest BCUT2D eigenvalue weighted by atomic mass is 10.1. The van der Waals surface area contributed by atoms with Crippen molar-refractivity contribution in [1.82, 2.24) is 10.6 Å². The Morgan fingerprint density at radius 1 is 1.48 bits per heavy atom. The quantitative estimate of drug-likeness (QED) is 0.274. The summed E-state index contributed by atoms with van der Waals surface area (Å²) >= 11 is 2.06. The molecule has 7 heteroatoms. The molecular weight excluding hydrogens is 425 g/mol. The fourth-order valence-corrected chi connectivity index (χ4v) is 3.66. The maximum absolute atomic E-state index is 5.55. The van der Waals surface area contributed by atoms with Crippen LogP contribution in [0.3, 0.4) is 0 Å². The summed E-state index contributed by atoms with van der Waals surface area (Å²) in [7, 11) is 1.81. The van der Waals surface area contributed by atoms with E-state index >= 15 is 0 Å². The van der Waals surface area contributed by atoms with Crippen LogP contribution in [0.25, 0.3) is 0 Å². The van der Waals surface area contributed by atoms with E-state index in [0.717, 1.165) is 31.2 Å². The molecule has 0 amide bonds. The van der Waals surface area contributed by atoms with Gasteiger partial charge in [-0.05, 0) is 44.1 Å². The number of thioether (sulfide) groups is 1. The lowest BCUT2D eigenvalue weighted by molar-refractivity contribution is 0.105. The Balaban J connectivity index is 0.00000264. The third kappa shape index (κ3) is 7.80. The third-order valence-electron chi connectivity index (χ3n) is 3.74. The van der Waals surface area contributed by atoms with E-state index in [1.165, 1.54) is 18.6 Å². The average molecular weight is 453 g/mol. The Bertz CT molecular complexity index is 448. The second kappa shape index (κ2) is 11.2. The molecule has 1 aromatic heterocycles. The molecule has 0 radical (unpaired) electrons. The molecule has 0 aromatic carbocycles. The maximum Gasteiger partial charge on any atom is 0.191 e. The number of aliphatic imine (C=N–C) groups is 1. The van der Waals surface area contributed by atoms with Gasteiger partial charge in [-0.2, -0.15) is 11.8 Å². The molecule has 1 saturated heterocycles. The first-order valence-corrected chi connectivity index (χ1v) is 8.89. The van der Waals surface area contributed by atoms with Gasteiger partial charge in [0.05, 0.1) is 6.26 Å². The van der Waals surface area contributed by atoms with E-state index in [0.29, 0.717) is 18.0 Å². The van der Waals surface area contributed by atoms with Gasteiger partial charge in [0.1, 0.15) is 12.4 Å². The van der Waals surface area contributed by atoms with Crippen LogP contribution in [0.1, 0.15) is 31.9 Å². The number of hydrogen-bond donors (Lipinski definition) is 2. The highest BCUT2D eigenvalue weighted by Gasteiger charge is 2.29. The zero-order valence-electron chi connectivity index (χ0n) is 14.0. The molecule has 1 atom stereocenters. The molecule has 132 valence electrons. The monoisotopic (exact) mass is 453 g/mol. The zero-order valence-corrected chi connectivity index (χ0v) is 17.1. The van der Waals surface area contributed by atoms with Crippen molar-refractivity contribution in [2.24, 2.45) is 4.99 Å². The topological polar surface area (TPSA) is 58.8 Å². The number of furan rings is 1. The van der Waals surface area contributed by atoms with Gasteiger partial charge in [-0.3, -0.25) is 4.99 Å². The van der Waals surface area contributed by atoms with E-state index in [1.807, 2.05) is 19.2 Å². The maximum atomic E-state index is 5.55. The van der Waals surface area contributed by atoms with Crippen LogP contribution >= 0.6 is 35.7 Å². The number of rotatable bonds is 8. The normalized spacial score (nSPS) is 21.0. The van der Waals surface area contributed by atoms with Gasteiger partial charge in [0.2, 0.25) is 0 Å². The number of nitrogens with zero attached hydrogens (tertiary/aromatic N) is 1. The van der Waals surface area contributed by atoms with Crippen LogP contribution in [-0.4, -0.2) is 43.2 Å². The number of halogens is 1. The van der Waals surface area contributed by atoms with Crippen molar-refractivity contribution in [3.63, 3.8) is 0 Å². The van der Waals surface area contributed by atoms with Crippen molar-refractivity contribution in [2.75, 3.05) is 32.5 Å². The molecule has 0 spiro atoms. The fraction of sp³-hybridized carbons (Fsp3) is 0.688. The Morgan fingerprint density at radius 2 is 2.35 bits per heavy atom. The van der Waals surface area contributed by atoms with Crippen molar-refractivity contribution in [3.05, 3.63) is 24.2 Å². The van der Waals surface area contributed by atoms with Crippen LogP contribution in [0.15, 0.2) is 27.8 Å². The van der Waals surface area contributed by atoms with E-state index in [2.05, 4.69) is 34.3 Å². The molecule has 2 heterocycles. The number of guanidine groups is 1. The van der Waals surface area contributed by atoms with Crippen molar-refractivity contribution < 1.29 is 9.15 Å². The molecule has 1 fully saturated rings. The minimum Gasteiger partial charge on any atom is -0.467 e. The van der Waals surface area contributed by atoms with E-state index in [4.69, 9.17) is 9.15 Å². The highest BCUT2D eigenvalue weighted by Crippen LogP contribution is 2.36. The summed E-state index contributed by atoms with van der Waals surface area (Å²) < 4.78 is 11.1. The van der Waals surface area contributed by atoms with Gasteiger partial charge in [0.15, 0.2) is 5.96 Å². The zero-order chi connectivity index (χ0) is 15.7. The van der Waals surface area contributed by atoms with Crippen molar-refractivity contribution >= 4 is 41.7 Å². The van der Waals surface area contributed by atoms with Crippen LogP contribution in [0.2, 0.25) is 0 Å². The molecule has 0 saturated carbocycles. The first-order valence-electron chi connectivity index (χ1n) is 7.90. The van der Waals surface area contributed by atoms with Crippen LogP contribution < -0.4 is 10.6 Å². The van der Waals surface area contributed by atoms with Crippen molar-refractivity contribution in [1.29, 1.82) is 0 Å². The number of nitrogens with one attached hydrogen (secondary N) is 2. The molecular formula is C16H28IN3O2S. The Kier molecular flexibility index (Phi) is 10.0. The second-order valence-electron chi connectivity index (χ2n) is 5.74. The summed E-state index contributed by atoms with van der Waals surface area (Å²) in [5.74, 6) is 3.02. The summed E-state index contributed by atoms with van der Waals surface area (Å²) in [5.41, 5.74) is 0. The number of ether oxygens (including phenoxy) is 1. The van der Waals surface area contributed by atoms with E-state index in [9.17, 15) is 0 Å². The highest BCUT2D eigenvalue weighted by molar-refractivity contribution is 14.0. The first kappa shape index (κ1) is 20.6. The minimum absolute atomic E-state index is 0. The number of hydrogen-bond acceptors (Lipinski definition) is 4. The summed E-state index contributed by atoms with van der Waals surface area (Å²) in [6.45, 7) is 5.38. The Hall–Kier alpha value is -0.410. The molecule has 5 nitrogen and oxygen atoms in total. The molecule has 1 unspecified atom stereocenters. The summed E-state index contributed by atoms with van der Waals surface area (Å²) in [4.78, 5) is 4.27. The van der Waals surface area contributed by atoms with Crippen LogP contribution in [0.5, 0.6) is 0 Å². The fourth-order valence-electron chi connectivity index (χ4n) is 2.42. The lowest BCUT2D eigenvalue weighted by Crippen LogP contribution is -2.44. The Labute approximate surface area is 160 Å². The summed E-state index contributed by atoms with van der Waals surface area (Å²) in [5, 5.41) is 6.76. The molecule has 2 N–H and O–H groups in total. The van der Waals surface area contributed by atoms with Crippen molar-refractivity contribution in [2.45, 2.75) is 37.5 Å². The van der Waals surface area contributed by atoms with E-state index in [1.54, 1.807) is 6.26 Å². The van der Waals surface area contributed by atoms with Gasteiger partial charge in [0, 0.05) is 31.5 Å². The highest BCUT2D eigenvalue weighted by atomic mass is 127. The van der Waals surface area contributed by atoms with Gasteiger partial charge in [-0.25, -0.2) is 0 Å². The van der Waals surface area contributed by atoms with Crippen LogP contribution in [0.4, 0.5) is 0 Å². The lowest BCUT2D eigenvalue weighted by Gasteiger charge is -2.24. The second-order valence-corrected chi connectivity index (χ2v) is 7.42. The predicted octanol–water partition coefficient (Wildman–Crippen LogP) is 3.26. The smallest absolute Gasteiger partial charge is 0.191 e. The first-order chi connectivity index (χ1) is 10.7. The van der Waals surface area contributed by atoms with Gasteiger partial charge in [-0.1, -0.05) is 0 Å². The molecule has 0 aliphatic carbocycles. The molecule has 2 rings (SSSR count). The minimum atomic E-state index is 0. The molecule has 1 aromatic rings. The summed E-state index contributed by atoms with van der Waals surface area (Å²) in [6.07, 6.45) is 5.20. The van der Waals surface area contributed by atoms with Gasteiger partial charge < -0.3 is 19.8 Å². The molecule has 0 bridgehead atoms. The average Bonchev–Trinajstić information content (AvgIpc) is 3.18. The van der Waals surface area contributed by atoms with Gasteiger partial charge in [-0.15, -0.1) is 24.0 Å². The van der Waals surface area contributed by atoms with E-state index in [-0.39, 0.29) is 24.0 Å². The molecule has 1 aliphatic rings. The van der Waals surface area contributed by atoms with Crippen molar-refractivity contribution in [3.8, 4) is 0 Å². The molecule has 23 heavy (non-hydrogen) atoms. The van der Waals surface area contributed by atoms with Gasteiger partial charge in [0.25, 0.3) is 0 Å². The largest absolute Gasteiger partial charge is 0.467 e. The third-order valence-corrected chi connectivity index (χ3v) is 5.27. The van der Waals surface area contributed by atoms with Crippen LogP contribution in [0, 0.1) is 0 Å².